The molecule has 10 nitrogen and oxygen atoms in total. The Morgan fingerprint density at radius 3 is 2.26 bits per heavy atom. The van der Waals surface area contributed by atoms with Gasteiger partial charge in [0.05, 0.1) is 37.9 Å². The molecule has 1 fully saturated rings. The normalized spacial score (nSPS) is 13.9. The van der Waals surface area contributed by atoms with E-state index in [2.05, 4.69) is 4.90 Å². The smallest absolute Gasteiger partial charge is 0.248 e. The number of ketones is 1. The molecule has 42 heavy (non-hydrogen) atoms. The number of amides is 1. The number of rotatable bonds is 10. The molecule has 0 saturated carbocycles. The van der Waals surface area contributed by atoms with Crippen LogP contribution in [0.3, 0.4) is 0 Å². The molecule has 2 aromatic carbocycles. The second kappa shape index (κ2) is 12.5. The predicted octanol–water partition coefficient (Wildman–Crippen LogP) is 3.99. The third-order valence-corrected chi connectivity index (χ3v) is 7.49. The topological polar surface area (TPSA) is 119 Å². The SMILES string of the molecule is CCOc1cc2cn(CC(=O)c3cc(N4CCN(C(=O)CO)CC4)c(OC)c(C(C)(C)C)c3)c(N)c2c(F)c1OCC. The lowest BCUT2D eigenvalue weighted by molar-refractivity contribution is -0.134. The van der Waals surface area contributed by atoms with Gasteiger partial charge in [0, 0.05) is 48.9 Å². The number of methoxy groups -OCH3 is 1. The maximum absolute atomic E-state index is 15.6. The summed E-state index contributed by atoms with van der Waals surface area (Å²) in [5.41, 5.74) is 8.12. The number of aliphatic hydroxyl groups excluding tert-OH is 1. The van der Waals surface area contributed by atoms with Crippen LogP contribution < -0.4 is 24.8 Å². The van der Waals surface area contributed by atoms with Gasteiger partial charge in [-0.1, -0.05) is 20.8 Å². The molecule has 1 aliphatic heterocycles. The maximum Gasteiger partial charge on any atom is 0.248 e. The van der Waals surface area contributed by atoms with Gasteiger partial charge >= 0.3 is 0 Å². The number of fused-ring (bicyclic) bond motifs is 1. The first-order valence-corrected chi connectivity index (χ1v) is 14.2. The van der Waals surface area contributed by atoms with Crippen molar-refractivity contribution in [3.05, 3.63) is 41.3 Å². The summed E-state index contributed by atoms with van der Waals surface area (Å²) in [7, 11) is 1.61. The van der Waals surface area contributed by atoms with Crippen LogP contribution in [0.5, 0.6) is 17.2 Å². The summed E-state index contributed by atoms with van der Waals surface area (Å²) in [6.45, 7) is 11.6. The second-order valence-electron chi connectivity index (χ2n) is 11.3. The van der Waals surface area contributed by atoms with Gasteiger partial charge in [-0.2, -0.15) is 0 Å². The molecule has 228 valence electrons. The molecule has 0 radical (unpaired) electrons. The largest absolute Gasteiger partial charge is 0.494 e. The minimum absolute atomic E-state index is 0.00183. The van der Waals surface area contributed by atoms with E-state index in [0.29, 0.717) is 49.5 Å². The monoisotopic (exact) mass is 584 g/mol. The van der Waals surface area contributed by atoms with E-state index >= 15 is 4.39 Å². The van der Waals surface area contributed by atoms with E-state index in [-0.39, 0.29) is 53.0 Å². The lowest BCUT2D eigenvalue weighted by Gasteiger charge is -2.37. The first-order valence-electron chi connectivity index (χ1n) is 14.2. The number of hydrogen-bond acceptors (Lipinski definition) is 8. The number of nitrogen functional groups attached to an aromatic ring is 1. The molecule has 2 heterocycles. The quantitative estimate of drug-likeness (QED) is 0.344. The Bertz CT molecular complexity index is 1470. The van der Waals surface area contributed by atoms with Gasteiger partial charge < -0.3 is 39.4 Å². The van der Waals surface area contributed by atoms with E-state index in [9.17, 15) is 14.7 Å². The molecular weight excluding hydrogens is 543 g/mol. The number of benzene rings is 2. The molecular formula is C31H41FN4O6. The summed E-state index contributed by atoms with van der Waals surface area (Å²) in [6, 6.07) is 5.32. The molecule has 3 N–H and O–H groups in total. The molecule has 4 rings (SSSR count). The lowest BCUT2D eigenvalue weighted by Crippen LogP contribution is -2.49. The summed E-state index contributed by atoms with van der Waals surface area (Å²) in [6.07, 6.45) is 1.65. The first-order chi connectivity index (χ1) is 19.9. The fraction of sp³-hybridized carbons (Fsp3) is 0.484. The number of aliphatic hydroxyl groups is 1. The number of anilines is 2. The Labute approximate surface area is 245 Å². The van der Waals surface area contributed by atoms with E-state index in [1.54, 1.807) is 48.8 Å². The highest BCUT2D eigenvalue weighted by molar-refractivity contribution is 6.00. The zero-order valence-electron chi connectivity index (χ0n) is 25.3. The number of halogens is 1. The molecule has 3 aromatic rings. The minimum atomic E-state index is -0.623. The van der Waals surface area contributed by atoms with Crippen molar-refractivity contribution in [3.63, 3.8) is 0 Å². The van der Waals surface area contributed by atoms with Crippen LogP contribution in [0.15, 0.2) is 24.4 Å². The Morgan fingerprint density at radius 1 is 1.02 bits per heavy atom. The Morgan fingerprint density at radius 2 is 1.69 bits per heavy atom. The van der Waals surface area contributed by atoms with Gasteiger partial charge in [0.2, 0.25) is 5.91 Å². The van der Waals surface area contributed by atoms with Gasteiger partial charge in [-0.25, -0.2) is 4.39 Å². The first kappa shape index (κ1) is 31.0. The molecule has 0 aliphatic carbocycles. The van der Waals surface area contributed by atoms with Crippen molar-refractivity contribution >= 4 is 34.0 Å². The third kappa shape index (κ3) is 5.97. The van der Waals surface area contributed by atoms with Gasteiger partial charge in [-0.3, -0.25) is 9.59 Å². The van der Waals surface area contributed by atoms with E-state index in [0.717, 1.165) is 11.3 Å². The van der Waals surface area contributed by atoms with E-state index in [1.165, 1.54) is 0 Å². The van der Waals surface area contributed by atoms with Gasteiger partial charge in [-0.05, 0) is 37.5 Å². The zero-order chi connectivity index (χ0) is 30.8. The number of carbonyl (C=O) groups is 2. The molecule has 0 unspecified atom stereocenters. The van der Waals surface area contributed by atoms with Gasteiger partial charge in [0.25, 0.3) is 0 Å². The summed E-state index contributed by atoms with van der Waals surface area (Å²) >= 11 is 0. The van der Waals surface area contributed by atoms with Crippen molar-refractivity contribution < 1.29 is 33.3 Å². The van der Waals surface area contributed by atoms with E-state index in [1.807, 2.05) is 26.8 Å². The molecule has 0 atom stereocenters. The number of piperazine rings is 1. The van der Waals surface area contributed by atoms with Gasteiger partial charge in [0.15, 0.2) is 23.1 Å². The van der Waals surface area contributed by atoms with Crippen LogP contribution in [-0.2, 0) is 16.8 Å². The van der Waals surface area contributed by atoms with Crippen LogP contribution in [0.4, 0.5) is 15.9 Å². The summed E-state index contributed by atoms with van der Waals surface area (Å²) in [5.74, 6) is -0.0735. The van der Waals surface area contributed by atoms with E-state index < -0.39 is 12.4 Å². The van der Waals surface area contributed by atoms with Crippen molar-refractivity contribution in [2.24, 2.45) is 0 Å². The number of carbonyl (C=O) groups excluding carboxylic acids is 2. The molecule has 0 bridgehead atoms. The average molecular weight is 585 g/mol. The lowest BCUT2D eigenvalue weighted by atomic mass is 9.84. The molecule has 1 saturated heterocycles. The summed E-state index contributed by atoms with van der Waals surface area (Å²) < 4.78 is 34.1. The number of hydrogen-bond donors (Lipinski definition) is 2. The Kier molecular flexibility index (Phi) is 9.20. The highest BCUT2D eigenvalue weighted by Crippen LogP contribution is 2.42. The van der Waals surface area contributed by atoms with Crippen molar-refractivity contribution in [3.8, 4) is 17.2 Å². The maximum atomic E-state index is 15.6. The molecule has 11 heteroatoms. The Hall–Kier alpha value is -3.99. The van der Waals surface area contributed by atoms with Gasteiger partial charge in [0.1, 0.15) is 18.2 Å². The van der Waals surface area contributed by atoms with Crippen LogP contribution in [-0.4, -0.2) is 79.4 Å². The van der Waals surface area contributed by atoms with Crippen LogP contribution in [0.25, 0.3) is 10.8 Å². The second-order valence-corrected chi connectivity index (χ2v) is 11.3. The molecule has 1 aromatic heterocycles. The van der Waals surface area contributed by atoms with Crippen LogP contribution in [0.2, 0.25) is 0 Å². The Balaban J connectivity index is 1.73. The van der Waals surface area contributed by atoms with E-state index in [4.69, 9.17) is 19.9 Å². The number of Topliss-reactive ketones (excluding diaryl/α,β-unsaturated/α-hetero) is 1. The molecule has 1 amide bonds. The zero-order valence-corrected chi connectivity index (χ0v) is 25.3. The number of nitrogens with two attached hydrogens (primary N) is 1. The summed E-state index contributed by atoms with van der Waals surface area (Å²) in [4.78, 5) is 29.5. The van der Waals surface area contributed by atoms with Crippen molar-refractivity contribution in [1.29, 1.82) is 0 Å². The summed E-state index contributed by atoms with van der Waals surface area (Å²) in [5, 5.41) is 9.93. The highest BCUT2D eigenvalue weighted by atomic mass is 19.1. The predicted molar refractivity (Wildman–Crippen MR) is 161 cm³/mol. The standard InChI is InChI=1S/C31H41FN4O6/c1-7-41-24-15-20-16-36(30(33)26(20)27(32)29(24)42-8-2)17-23(38)19-13-21(31(3,4)5)28(40-6)22(14-19)34-9-11-35(12-10-34)25(39)18-37/h13-16,37H,7-12,17-18,33H2,1-6H3. The van der Waals surface area contributed by atoms with Crippen LogP contribution in [0.1, 0.15) is 50.5 Å². The highest BCUT2D eigenvalue weighted by Gasteiger charge is 2.29. The number of aromatic nitrogens is 1. The van der Waals surface area contributed by atoms with Crippen LogP contribution in [0, 0.1) is 5.82 Å². The average Bonchev–Trinajstić information content (AvgIpc) is 3.27. The molecule has 0 spiro atoms. The van der Waals surface area contributed by atoms with Crippen molar-refractivity contribution in [1.82, 2.24) is 9.47 Å². The number of nitrogens with zero attached hydrogens (tertiary/aromatic N) is 3. The van der Waals surface area contributed by atoms with Gasteiger partial charge in [-0.15, -0.1) is 0 Å². The fourth-order valence-corrected chi connectivity index (χ4v) is 5.37. The number of ether oxygens (including phenoxy) is 3. The third-order valence-electron chi connectivity index (χ3n) is 7.49. The minimum Gasteiger partial charge on any atom is -0.494 e. The van der Waals surface area contributed by atoms with Crippen molar-refractivity contribution in [2.45, 2.75) is 46.6 Å². The van der Waals surface area contributed by atoms with Crippen molar-refractivity contribution in [2.75, 3.05) is 63.7 Å². The fourth-order valence-electron chi connectivity index (χ4n) is 5.37. The van der Waals surface area contributed by atoms with Crippen LogP contribution >= 0.6 is 0 Å². The molecule has 1 aliphatic rings.